The molecule has 8 aromatic rings. The summed E-state index contributed by atoms with van der Waals surface area (Å²) >= 11 is 0. The molecule has 2 atom stereocenters. The summed E-state index contributed by atoms with van der Waals surface area (Å²) in [5.74, 6) is 0.261. The van der Waals surface area contributed by atoms with E-state index in [1.807, 2.05) is 36.4 Å². The second-order valence-corrected chi connectivity index (χ2v) is 14.2. The molecular weight excluding hydrogens is 637 g/mol. The molecule has 2 heterocycles. The highest BCUT2D eigenvalue weighted by Crippen LogP contribution is 2.61. The molecule has 2 aliphatic carbocycles. The van der Waals surface area contributed by atoms with Gasteiger partial charge >= 0.3 is 5.97 Å². The van der Waals surface area contributed by atoms with E-state index in [4.69, 9.17) is 14.7 Å². The summed E-state index contributed by atoms with van der Waals surface area (Å²) in [4.78, 5) is 25.2. The maximum absolute atomic E-state index is 14.5. The highest BCUT2D eigenvalue weighted by molar-refractivity contribution is 5.92. The van der Waals surface area contributed by atoms with Crippen molar-refractivity contribution in [3.63, 3.8) is 0 Å². The molecule has 0 saturated heterocycles. The number of esters is 1. The van der Waals surface area contributed by atoms with Crippen LogP contribution in [0.3, 0.4) is 0 Å². The number of hydrogen-bond donors (Lipinski definition) is 0. The molecule has 52 heavy (non-hydrogen) atoms. The molecule has 10 rings (SSSR count). The molecule has 0 N–H and O–H groups in total. The molecule has 0 spiro atoms. The van der Waals surface area contributed by atoms with E-state index in [-0.39, 0.29) is 12.4 Å². The molecule has 4 nitrogen and oxygen atoms in total. The number of ether oxygens (including phenoxy) is 1. The normalized spacial score (nSPS) is 18.1. The van der Waals surface area contributed by atoms with Gasteiger partial charge in [-0.2, -0.15) is 0 Å². The van der Waals surface area contributed by atoms with Crippen molar-refractivity contribution in [3.8, 4) is 28.3 Å². The standard InChI is InChI=1S/C48H34N2O2/c51-44(52-35-19-5-2-6-20-35)30-48(39-24-12-10-22-37(39)46-41(48)28-34-18-8-14-26-43(34)50-46)31-47(29-32-15-3-1-4-16-32)38-23-11-9-21-36(38)45-40(47)27-33-17-7-13-25-42(33)49-45/h1-28H,29-31H2/t47-,48+/m1/s1. The summed E-state index contributed by atoms with van der Waals surface area (Å²) in [7, 11) is 0. The van der Waals surface area contributed by atoms with Gasteiger partial charge in [-0.25, -0.2) is 9.97 Å². The first kappa shape index (κ1) is 30.4. The molecule has 0 fully saturated rings. The minimum atomic E-state index is -0.788. The minimum Gasteiger partial charge on any atom is -0.426 e. The number of benzene rings is 6. The van der Waals surface area contributed by atoms with E-state index in [2.05, 4.69) is 133 Å². The number of fused-ring (bicyclic) bond motifs is 8. The van der Waals surface area contributed by atoms with Crippen LogP contribution in [0.25, 0.3) is 44.3 Å². The van der Waals surface area contributed by atoms with Gasteiger partial charge in [-0.15, -0.1) is 0 Å². The maximum Gasteiger partial charge on any atom is 0.312 e. The smallest absolute Gasteiger partial charge is 0.312 e. The third-order valence-corrected chi connectivity index (χ3v) is 11.2. The number of rotatable bonds is 7. The first-order valence-corrected chi connectivity index (χ1v) is 17.9. The van der Waals surface area contributed by atoms with E-state index >= 15 is 0 Å². The average Bonchev–Trinajstić information content (AvgIpc) is 3.59. The summed E-state index contributed by atoms with van der Waals surface area (Å²) in [5, 5.41) is 2.15. The summed E-state index contributed by atoms with van der Waals surface area (Å²) in [6.45, 7) is 0. The third kappa shape index (κ3) is 4.71. The van der Waals surface area contributed by atoms with Crippen LogP contribution in [0.2, 0.25) is 0 Å². The monoisotopic (exact) mass is 670 g/mol. The number of aromatic nitrogens is 2. The number of carbonyl (C=O) groups excluding carboxylic acids is 1. The zero-order valence-corrected chi connectivity index (χ0v) is 28.5. The van der Waals surface area contributed by atoms with Gasteiger partial charge in [-0.3, -0.25) is 4.79 Å². The number of pyridine rings is 2. The number of hydrogen-bond acceptors (Lipinski definition) is 4. The van der Waals surface area contributed by atoms with Crippen LogP contribution in [0, 0.1) is 0 Å². The fraction of sp³-hybridized carbons (Fsp3) is 0.104. The Morgan fingerprint density at radius 1 is 0.500 bits per heavy atom. The Hall–Kier alpha value is -6.39. The maximum atomic E-state index is 14.5. The molecule has 0 aliphatic heterocycles. The van der Waals surface area contributed by atoms with Crippen molar-refractivity contribution in [1.82, 2.24) is 9.97 Å². The van der Waals surface area contributed by atoms with Crippen LogP contribution in [0.5, 0.6) is 5.75 Å². The lowest BCUT2D eigenvalue weighted by atomic mass is 9.59. The Balaban J connectivity index is 1.27. The lowest BCUT2D eigenvalue weighted by Gasteiger charge is -2.42. The van der Waals surface area contributed by atoms with Gasteiger partial charge in [0.1, 0.15) is 5.75 Å². The van der Waals surface area contributed by atoms with Crippen molar-refractivity contribution in [2.75, 3.05) is 0 Å². The summed E-state index contributed by atoms with van der Waals surface area (Å²) in [5.41, 5.74) is 10.5. The van der Waals surface area contributed by atoms with Gasteiger partial charge in [0, 0.05) is 32.7 Å². The zero-order chi connectivity index (χ0) is 34.7. The Bertz CT molecular complexity index is 2670. The van der Waals surface area contributed by atoms with Gasteiger partial charge in [0.15, 0.2) is 0 Å². The Labute approximate surface area is 302 Å². The van der Waals surface area contributed by atoms with E-state index in [9.17, 15) is 4.79 Å². The summed E-state index contributed by atoms with van der Waals surface area (Å²) in [6, 6.07) is 58.7. The Kier molecular flexibility index (Phi) is 6.94. The molecule has 0 amide bonds. The number of carbonyl (C=O) groups is 1. The van der Waals surface area contributed by atoms with Crippen LogP contribution in [0.4, 0.5) is 0 Å². The van der Waals surface area contributed by atoms with E-state index in [0.717, 1.165) is 61.9 Å². The van der Waals surface area contributed by atoms with E-state index in [0.29, 0.717) is 12.2 Å². The molecule has 248 valence electrons. The number of para-hydroxylation sites is 3. The first-order chi connectivity index (χ1) is 25.6. The predicted octanol–water partition coefficient (Wildman–Crippen LogP) is 10.6. The third-order valence-electron chi connectivity index (χ3n) is 11.2. The van der Waals surface area contributed by atoms with Crippen molar-refractivity contribution in [1.29, 1.82) is 0 Å². The van der Waals surface area contributed by atoms with Gasteiger partial charge in [-0.05, 0) is 77.1 Å². The molecule has 2 aromatic heterocycles. The van der Waals surface area contributed by atoms with Gasteiger partial charge in [-0.1, -0.05) is 133 Å². The van der Waals surface area contributed by atoms with Crippen molar-refractivity contribution in [2.45, 2.75) is 30.1 Å². The van der Waals surface area contributed by atoms with Gasteiger partial charge in [0.2, 0.25) is 0 Å². The molecule has 2 aliphatic rings. The van der Waals surface area contributed by atoms with Crippen LogP contribution in [0.1, 0.15) is 40.7 Å². The lowest BCUT2D eigenvalue weighted by molar-refractivity contribution is -0.135. The van der Waals surface area contributed by atoms with Crippen LogP contribution in [-0.4, -0.2) is 15.9 Å². The first-order valence-electron chi connectivity index (χ1n) is 17.9. The van der Waals surface area contributed by atoms with Crippen molar-refractivity contribution in [3.05, 3.63) is 198 Å². The van der Waals surface area contributed by atoms with Crippen LogP contribution in [0.15, 0.2) is 170 Å². The molecule has 0 radical (unpaired) electrons. The van der Waals surface area contributed by atoms with Gasteiger partial charge in [0.05, 0.1) is 28.8 Å². The van der Waals surface area contributed by atoms with Crippen molar-refractivity contribution < 1.29 is 9.53 Å². The van der Waals surface area contributed by atoms with E-state index < -0.39 is 10.8 Å². The Morgan fingerprint density at radius 3 is 1.60 bits per heavy atom. The molecule has 0 unspecified atom stereocenters. The topological polar surface area (TPSA) is 52.1 Å². The quantitative estimate of drug-likeness (QED) is 0.125. The highest BCUT2D eigenvalue weighted by Gasteiger charge is 2.55. The largest absolute Gasteiger partial charge is 0.426 e. The second-order valence-electron chi connectivity index (χ2n) is 14.2. The van der Waals surface area contributed by atoms with Crippen molar-refractivity contribution in [2.24, 2.45) is 0 Å². The molecule has 0 bridgehead atoms. The van der Waals surface area contributed by atoms with E-state index in [1.54, 1.807) is 0 Å². The summed E-state index contributed by atoms with van der Waals surface area (Å²) in [6.07, 6.45) is 1.47. The predicted molar refractivity (Wildman–Crippen MR) is 207 cm³/mol. The Morgan fingerprint density at radius 2 is 0.981 bits per heavy atom. The lowest BCUT2D eigenvalue weighted by Crippen LogP contribution is -2.41. The van der Waals surface area contributed by atoms with E-state index in [1.165, 1.54) is 16.7 Å². The average molecular weight is 671 g/mol. The molecule has 4 heteroatoms. The van der Waals surface area contributed by atoms with Gasteiger partial charge < -0.3 is 4.74 Å². The zero-order valence-electron chi connectivity index (χ0n) is 28.5. The number of nitrogens with zero attached hydrogens (tertiary/aromatic N) is 2. The summed E-state index contributed by atoms with van der Waals surface area (Å²) < 4.78 is 6.16. The molecular formula is C48H34N2O2. The SMILES string of the molecule is O=C(C[C@]1(C[C@]2(Cc3ccccc3)c3ccccc3-c3nc4ccccc4cc32)c2ccccc2-c2nc3ccccc3cc21)Oc1ccccc1. The van der Waals surface area contributed by atoms with Crippen LogP contribution >= 0.6 is 0 Å². The van der Waals surface area contributed by atoms with Gasteiger partial charge in [0.25, 0.3) is 0 Å². The minimum absolute atomic E-state index is 0.140. The fourth-order valence-electron chi connectivity index (χ4n) is 9.12. The van der Waals surface area contributed by atoms with Crippen molar-refractivity contribution >= 4 is 27.8 Å². The highest BCUT2D eigenvalue weighted by atomic mass is 16.5. The second kappa shape index (κ2) is 11.9. The molecule has 6 aromatic carbocycles. The van der Waals surface area contributed by atoms with Crippen LogP contribution < -0.4 is 4.74 Å². The van der Waals surface area contributed by atoms with Crippen LogP contribution in [-0.2, 0) is 22.0 Å². The fourth-order valence-corrected chi connectivity index (χ4v) is 9.12. The molecule has 0 saturated carbocycles.